The molecular weight excluding hydrogens is 231 g/mol. The van der Waals surface area contributed by atoms with Crippen LogP contribution in [-0.4, -0.2) is 14.5 Å². The van der Waals surface area contributed by atoms with Crippen molar-refractivity contribution in [3.05, 3.63) is 35.7 Å². The van der Waals surface area contributed by atoms with Gasteiger partial charge >= 0.3 is 80.2 Å². The van der Waals surface area contributed by atoms with E-state index < -0.39 is 0 Å². The van der Waals surface area contributed by atoms with E-state index in [0.717, 1.165) is 0 Å². The molecule has 0 aliphatic heterocycles. The maximum absolute atomic E-state index is 2.25. The van der Waals surface area contributed by atoms with Crippen LogP contribution in [0.1, 0.15) is 0 Å². The fourth-order valence-corrected chi connectivity index (χ4v) is 5.19. The maximum atomic E-state index is 2.25. The van der Waals surface area contributed by atoms with Crippen molar-refractivity contribution in [2.45, 2.75) is 0 Å². The molecule has 2 aromatic heterocycles. The van der Waals surface area contributed by atoms with E-state index in [2.05, 4.69) is 35.7 Å². The Hall–Kier alpha value is -0.561. The number of rotatable bonds is 0. The fourth-order valence-electron chi connectivity index (χ4n) is 1.45. The third kappa shape index (κ3) is 0.831. The summed E-state index contributed by atoms with van der Waals surface area (Å²) in [6.07, 6.45) is 0. The van der Waals surface area contributed by atoms with Gasteiger partial charge in [-0.25, -0.2) is 0 Å². The Morgan fingerprint density at radius 2 is 1.92 bits per heavy atom. The van der Waals surface area contributed by atoms with Gasteiger partial charge in [-0.2, -0.15) is 0 Å². The van der Waals surface area contributed by atoms with Crippen molar-refractivity contribution in [1.29, 1.82) is 0 Å². The second-order valence-corrected chi connectivity index (χ2v) is 6.43. The molecule has 0 unspecified atom stereocenters. The van der Waals surface area contributed by atoms with E-state index in [1.165, 1.54) is 10.8 Å². The molecule has 0 N–H and O–H groups in total. The molecule has 3 aromatic rings. The van der Waals surface area contributed by atoms with Crippen molar-refractivity contribution in [3.8, 4) is 0 Å². The summed E-state index contributed by atoms with van der Waals surface area (Å²) in [5.41, 5.74) is 0. The van der Waals surface area contributed by atoms with Gasteiger partial charge in [0.05, 0.1) is 0 Å². The monoisotopic (exact) mass is 238 g/mol. The first kappa shape index (κ1) is 6.90. The van der Waals surface area contributed by atoms with Gasteiger partial charge in [-0.1, -0.05) is 0 Å². The third-order valence-electron chi connectivity index (χ3n) is 2.01. The first-order valence-corrected chi connectivity index (χ1v) is 6.39. The van der Waals surface area contributed by atoms with Gasteiger partial charge in [0.2, 0.25) is 0 Å². The van der Waals surface area contributed by atoms with Crippen LogP contribution in [0, 0.1) is 0 Å². The standard InChI is InChI=1S/C10H6SSe/c1-2-4-9-7(3-1)8-5-6-11-10(8)12-9/h1-6H. The van der Waals surface area contributed by atoms with Gasteiger partial charge in [-0.05, 0) is 0 Å². The fraction of sp³-hybridized carbons (Fsp3) is 0. The Balaban J connectivity index is 2.68. The Morgan fingerprint density at radius 1 is 1.00 bits per heavy atom. The molecule has 0 saturated carbocycles. The molecule has 58 valence electrons. The molecule has 0 aliphatic carbocycles. The van der Waals surface area contributed by atoms with E-state index in [4.69, 9.17) is 0 Å². The van der Waals surface area contributed by atoms with Gasteiger partial charge in [0.15, 0.2) is 0 Å². The summed E-state index contributed by atoms with van der Waals surface area (Å²) in [6, 6.07) is 11.0. The van der Waals surface area contributed by atoms with Gasteiger partial charge in [0.25, 0.3) is 0 Å². The summed E-state index contributed by atoms with van der Waals surface area (Å²) in [4.78, 5) is 0. The molecule has 0 spiro atoms. The second-order valence-electron chi connectivity index (χ2n) is 2.72. The zero-order valence-corrected chi connectivity index (χ0v) is 8.81. The van der Waals surface area contributed by atoms with Gasteiger partial charge in [-0.15, -0.1) is 0 Å². The molecule has 0 nitrogen and oxygen atoms in total. The predicted molar refractivity (Wildman–Crippen MR) is 56.3 cm³/mol. The molecular formula is C10H6SSe. The number of thiophene rings is 1. The predicted octanol–water partition coefficient (Wildman–Crippen LogP) is 3.11. The van der Waals surface area contributed by atoms with Crippen LogP contribution in [0.15, 0.2) is 35.7 Å². The van der Waals surface area contributed by atoms with Crippen LogP contribution in [0.25, 0.3) is 18.6 Å². The van der Waals surface area contributed by atoms with E-state index in [1.54, 1.807) is 7.83 Å². The number of hydrogen-bond acceptors (Lipinski definition) is 1. The molecule has 2 heterocycles. The Kier molecular flexibility index (Phi) is 1.42. The van der Waals surface area contributed by atoms with Crippen molar-refractivity contribution in [3.63, 3.8) is 0 Å². The van der Waals surface area contributed by atoms with Crippen molar-refractivity contribution in [1.82, 2.24) is 0 Å². The molecule has 3 rings (SSSR count). The van der Waals surface area contributed by atoms with Crippen LogP contribution in [-0.2, 0) is 0 Å². The van der Waals surface area contributed by atoms with Gasteiger partial charge < -0.3 is 0 Å². The summed E-state index contributed by atoms with van der Waals surface area (Å²) in [7, 11) is 0. The van der Waals surface area contributed by atoms with Crippen LogP contribution in [0.5, 0.6) is 0 Å². The van der Waals surface area contributed by atoms with Crippen LogP contribution >= 0.6 is 11.3 Å². The molecule has 0 aliphatic rings. The van der Waals surface area contributed by atoms with Crippen LogP contribution < -0.4 is 0 Å². The summed E-state index contributed by atoms with van der Waals surface area (Å²) in [5, 5.41) is 5.15. The minimum absolute atomic E-state index is 0.583. The number of fused-ring (bicyclic) bond motifs is 3. The SMILES string of the molecule is c1ccc2c(c1)[se]c1sccc12. The summed E-state index contributed by atoms with van der Waals surface area (Å²) < 4.78 is 3.13. The van der Waals surface area contributed by atoms with E-state index in [9.17, 15) is 0 Å². The van der Waals surface area contributed by atoms with Gasteiger partial charge in [-0.3, -0.25) is 0 Å². The van der Waals surface area contributed by atoms with Gasteiger partial charge in [0.1, 0.15) is 0 Å². The quantitative estimate of drug-likeness (QED) is 0.527. The summed E-state index contributed by atoms with van der Waals surface area (Å²) in [5.74, 6) is 0. The van der Waals surface area contributed by atoms with Crippen molar-refractivity contribution < 1.29 is 0 Å². The first-order valence-electron chi connectivity index (χ1n) is 3.80. The van der Waals surface area contributed by atoms with Crippen LogP contribution in [0.3, 0.4) is 0 Å². The minimum atomic E-state index is 0.583. The molecule has 0 bridgehead atoms. The van der Waals surface area contributed by atoms with E-state index >= 15 is 0 Å². The van der Waals surface area contributed by atoms with E-state index in [-0.39, 0.29) is 0 Å². The van der Waals surface area contributed by atoms with Crippen molar-refractivity contribution in [2.75, 3.05) is 0 Å². The van der Waals surface area contributed by atoms with Crippen molar-refractivity contribution in [2.24, 2.45) is 0 Å². The zero-order chi connectivity index (χ0) is 7.97. The third-order valence-corrected chi connectivity index (χ3v) is 5.81. The molecule has 0 amide bonds. The molecule has 12 heavy (non-hydrogen) atoms. The normalized spacial score (nSPS) is 11.3. The number of hydrogen-bond donors (Lipinski definition) is 0. The molecule has 0 fully saturated rings. The van der Waals surface area contributed by atoms with Crippen LogP contribution in [0.4, 0.5) is 0 Å². The van der Waals surface area contributed by atoms with Crippen molar-refractivity contribution >= 4 is 44.4 Å². The average Bonchev–Trinajstić information content (AvgIpc) is 2.62. The Bertz CT molecular complexity index is 532. The Morgan fingerprint density at radius 3 is 2.92 bits per heavy atom. The summed E-state index contributed by atoms with van der Waals surface area (Å²) in [6.45, 7) is 0. The average molecular weight is 237 g/mol. The van der Waals surface area contributed by atoms with Gasteiger partial charge in [0, 0.05) is 0 Å². The number of benzene rings is 1. The molecule has 0 saturated heterocycles. The topological polar surface area (TPSA) is 0 Å². The summed E-state index contributed by atoms with van der Waals surface area (Å²) >= 11 is 2.48. The molecule has 0 atom stereocenters. The Labute approximate surface area is 80.2 Å². The first-order chi connectivity index (χ1) is 5.95. The second kappa shape index (κ2) is 2.46. The van der Waals surface area contributed by atoms with Crippen LogP contribution in [0.2, 0.25) is 0 Å². The molecule has 2 heteroatoms. The zero-order valence-electron chi connectivity index (χ0n) is 6.28. The molecule has 0 radical (unpaired) electrons. The van der Waals surface area contributed by atoms with E-state index in [0.29, 0.717) is 14.5 Å². The van der Waals surface area contributed by atoms with E-state index in [1.807, 2.05) is 11.3 Å². The molecule has 1 aromatic carbocycles.